The second-order valence-corrected chi connectivity index (χ2v) is 3.78. The fraction of sp³-hybridized carbons (Fsp3) is 0.143. The molecule has 0 atom stereocenters. The Hall–Kier alpha value is -2.36. The fourth-order valence-corrected chi connectivity index (χ4v) is 1.35. The van der Waals surface area contributed by atoms with Crippen LogP contribution in [0.2, 0.25) is 0 Å². The molecule has 4 nitrogen and oxygen atoms in total. The van der Waals surface area contributed by atoms with Crippen molar-refractivity contribution in [1.29, 1.82) is 5.41 Å². The van der Waals surface area contributed by atoms with Crippen LogP contribution in [0.1, 0.15) is 11.1 Å². The normalized spacial score (nSPS) is 11.6. The molecule has 0 spiro atoms. The first-order valence-corrected chi connectivity index (χ1v) is 5.48. The van der Waals surface area contributed by atoms with Gasteiger partial charge in [-0.1, -0.05) is 6.58 Å². The van der Waals surface area contributed by atoms with Crippen LogP contribution in [-0.2, 0) is 0 Å². The van der Waals surface area contributed by atoms with Gasteiger partial charge in [0.1, 0.15) is 17.8 Å². The number of aryl methyl sites for hydroxylation is 2. The number of nitrogens with zero attached hydrogens (tertiary/aromatic N) is 1. The first-order valence-electron chi connectivity index (χ1n) is 5.48. The van der Waals surface area contributed by atoms with Gasteiger partial charge in [0.2, 0.25) is 0 Å². The Labute approximate surface area is 107 Å². The number of anilines is 1. The summed E-state index contributed by atoms with van der Waals surface area (Å²) in [6, 6.07) is 3.76. The molecule has 0 heterocycles. The number of nitrogens with one attached hydrogen (secondary N) is 1. The maximum atomic E-state index is 6.78. The second-order valence-electron chi connectivity index (χ2n) is 3.78. The van der Waals surface area contributed by atoms with Crippen molar-refractivity contribution in [3.05, 3.63) is 47.7 Å². The van der Waals surface area contributed by atoms with Crippen LogP contribution in [0, 0.1) is 19.3 Å². The smallest absolute Gasteiger partial charge is 0.130 e. The zero-order valence-electron chi connectivity index (χ0n) is 10.6. The number of allylic oxidation sites excluding steroid dienone is 2. The topological polar surface area (TPSA) is 71.5 Å². The van der Waals surface area contributed by atoms with Crippen molar-refractivity contribution < 1.29 is 4.74 Å². The summed E-state index contributed by atoms with van der Waals surface area (Å²) >= 11 is 0. The Morgan fingerprint density at radius 1 is 1.39 bits per heavy atom. The average Bonchev–Trinajstić information content (AvgIpc) is 2.34. The van der Waals surface area contributed by atoms with Crippen LogP contribution in [0.4, 0.5) is 5.69 Å². The number of nitrogens with two attached hydrogens (primary N) is 1. The van der Waals surface area contributed by atoms with E-state index < -0.39 is 0 Å². The van der Waals surface area contributed by atoms with Gasteiger partial charge < -0.3 is 10.5 Å². The molecule has 0 aliphatic heterocycles. The van der Waals surface area contributed by atoms with Gasteiger partial charge in [0, 0.05) is 11.9 Å². The quantitative estimate of drug-likeness (QED) is 0.274. The van der Waals surface area contributed by atoms with Gasteiger partial charge in [-0.2, -0.15) is 0 Å². The molecule has 3 N–H and O–H groups in total. The number of hydrogen-bond donors (Lipinski definition) is 2. The molecule has 0 bridgehead atoms. The Balaban J connectivity index is 2.98. The van der Waals surface area contributed by atoms with Gasteiger partial charge in [-0.05, 0) is 49.3 Å². The molecule has 94 valence electrons. The highest BCUT2D eigenvalue weighted by Crippen LogP contribution is 2.25. The Kier molecular flexibility index (Phi) is 4.87. The van der Waals surface area contributed by atoms with E-state index >= 15 is 0 Å². The predicted molar refractivity (Wildman–Crippen MR) is 76.5 cm³/mol. The first-order chi connectivity index (χ1) is 8.58. The van der Waals surface area contributed by atoms with E-state index in [1.165, 1.54) is 6.21 Å². The average molecular weight is 243 g/mol. The highest BCUT2D eigenvalue weighted by Gasteiger charge is 2.04. The van der Waals surface area contributed by atoms with Crippen LogP contribution in [-0.4, -0.2) is 12.6 Å². The summed E-state index contributed by atoms with van der Waals surface area (Å²) in [4.78, 5) is 3.65. The molecule has 0 aromatic heterocycles. The van der Waals surface area contributed by atoms with Crippen molar-refractivity contribution in [3.8, 4) is 5.75 Å². The van der Waals surface area contributed by atoms with Crippen molar-refractivity contribution in [2.24, 2.45) is 4.99 Å². The zero-order valence-corrected chi connectivity index (χ0v) is 10.6. The highest BCUT2D eigenvalue weighted by molar-refractivity contribution is 5.79. The van der Waals surface area contributed by atoms with Gasteiger partial charge in [0.05, 0.1) is 0 Å². The molecule has 1 rings (SSSR count). The molecule has 0 radical (unpaired) electrons. The maximum Gasteiger partial charge on any atom is 0.130 e. The van der Waals surface area contributed by atoms with Gasteiger partial charge in [0.15, 0.2) is 0 Å². The minimum Gasteiger partial charge on any atom is -0.457 e. The molecule has 0 aliphatic carbocycles. The zero-order chi connectivity index (χ0) is 13.5. The van der Waals surface area contributed by atoms with E-state index in [1.807, 2.05) is 26.0 Å². The number of rotatable bonds is 5. The van der Waals surface area contributed by atoms with E-state index in [1.54, 1.807) is 12.2 Å². The minimum absolute atomic E-state index is 0.563. The molecule has 1 aromatic carbocycles. The number of benzene rings is 1. The van der Waals surface area contributed by atoms with E-state index in [9.17, 15) is 0 Å². The standard InChI is InChI=1S/C14H17N3O/c1-4-12(5-6-17-9-15)18-14-8-10(2)13(16)7-11(14)3/h4-9,15H,1,16H2,2-3H3/b12-5+,15-9?,17-6?. The monoisotopic (exact) mass is 243 g/mol. The second kappa shape index (κ2) is 6.39. The molecule has 0 fully saturated rings. The first kappa shape index (κ1) is 13.7. The molecule has 0 saturated carbocycles. The lowest BCUT2D eigenvalue weighted by atomic mass is 10.1. The largest absolute Gasteiger partial charge is 0.457 e. The lowest BCUT2D eigenvalue weighted by Gasteiger charge is -2.11. The molecular weight excluding hydrogens is 226 g/mol. The third-order valence-electron chi connectivity index (χ3n) is 2.39. The third kappa shape index (κ3) is 3.59. The van der Waals surface area contributed by atoms with Crippen LogP contribution < -0.4 is 10.5 Å². The summed E-state index contributed by atoms with van der Waals surface area (Å²) in [5, 5.41) is 6.78. The van der Waals surface area contributed by atoms with Gasteiger partial charge in [0.25, 0.3) is 0 Å². The summed E-state index contributed by atoms with van der Waals surface area (Å²) in [7, 11) is 0. The van der Waals surface area contributed by atoms with Crippen molar-refractivity contribution >= 4 is 18.2 Å². The molecule has 0 amide bonds. The van der Waals surface area contributed by atoms with Crippen molar-refractivity contribution in [1.82, 2.24) is 0 Å². The Bertz CT molecular complexity index is 516. The van der Waals surface area contributed by atoms with Gasteiger partial charge >= 0.3 is 0 Å². The summed E-state index contributed by atoms with van der Waals surface area (Å²) in [6.45, 7) is 7.52. The highest BCUT2D eigenvalue weighted by atomic mass is 16.5. The SMILES string of the molecule is C=C/C(=C\C=NC=N)Oc1cc(C)c(N)cc1C. The van der Waals surface area contributed by atoms with Gasteiger partial charge in [-0.3, -0.25) is 5.41 Å². The van der Waals surface area contributed by atoms with Crippen LogP contribution in [0.3, 0.4) is 0 Å². The fourth-order valence-electron chi connectivity index (χ4n) is 1.35. The van der Waals surface area contributed by atoms with E-state index in [2.05, 4.69) is 11.6 Å². The summed E-state index contributed by atoms with van der Waals surface area (Å²) in [6.07, 6.45) is 5.66. The van der Waals surface area contributed by atoms with Crippen LogP contribution in [0.5, 0.6) is 5.75 Å². The van der Waals surface area contributed by atoms with E-state index in [0.29, 0.717) is 5.76 Å². The van der Waals surface area contributed by atoms with Gasteiger partial charge in [-0.25, -0.2) is 4.99 Å². The van der Waals surface area contributed by atoms with E-state index in [0.717, 1.165) is 28.9 Å². The van der Waals surface area contributed by atoms with E-state index in [-0.39, 0.29) is 0 Å². The molecule has 0 saturated heterocycles. The molecule has 0 aliphatic rings. The van der Waals surface area contributed by atoms with Gasteiger partial charge in [-0.15, -0.1) is 0 Å². The van der Waals surface area contributed by atoms with Crippen molar-refractivity contribution in [3.63, 3.8) is 0 Å². The summed E-state index contributed by atoms with van der Waals surface area (Å²) in [5.74, 6) is 1.30. The maximum absolute atomic E-state index is 6.78. The lowest BCUT2D eigenvalue weighted by molar-refractivity contribution is 0.442. The summed E-state index contributed by atoms with van der Waals surface area (Å²) < 4.78 is 5.70. The van der Waals surface area contributed by atoms with Crippen LogP contribution in [0.25, 0.3) is 0 Å². The van der Waals surface area contributed by atoms with Crippen molar-refractivity contribution in [2.45, 2.75) is 13.8 Å². The molecule has 0 unspecified atom stereocenters. The Morgan fingerprint density at radius 2 is 2.11 bits per heavy atom. The number of hydrogen-bond acceptors (Lipinski definition) is 3. The third-order valence-corrected chi connectivity index (χ3v) is 2.39. The molecule has 4 heteroatoms. The predicted octanol–water partition coefficient (Wildman–Crippen LogP) is 3.01. The minimum atomic E-state index is 0.563. The van der Waals surface area contributed by atoms with Crippen LogP contribution >= 0.6 is 0 Å². The Morgan fingerprint density at radius 3 is 2.72 bits per heavy atom. The number of aliphatic imine (C=N–C) groups is 1. The molecule has 1 aromatic rings. The van der Waals surface area contributed by atoms with Crippen molar-refractivity contribution in [2.75, 3.05) is 5.73 Å². The number of nitrogen functional groups attached to an aromatic ring is 1. The summed E-state index contributed by atoms with van der Waals surface area (Å²) in [5.41, 5.74) is 8.48. The van der Waals surface area contributed by atoms with Crippen LogP contribution in [0.15, 0.2) is 41.6 Å². The lowest BCUT2D eigenvalue weighted by Crippen LogP contribution is -1.98. The molecule has 18 heavy (non-hydrogen) atoms. The number of ether oxygens (including phenoxy) is 1. The van der Waals surface area contributed by atoms with E-state index in [4.69, 9.17) is 15.9 Å². The molecular formula is C14H17N3O.